The highest BCUT2D eigenvalue weighted by Crippen LogP contribution is 2.11. The first-order chi connectivity index (χ1) is 6.18. The molecule has 1 amide bonds. The first-order valence-corrected chi connectivity index (χ1v) is 3.92. The summed E-state index contributed by atoms with van der Waals surface area (Å²) >= 11 is 0. The summed E-state index contributed by atoms with van der Waals surface area (Å²) in [5, 5.41) is 7.28. The van der Waals surface area contributed by atoms with E-state index in [1.54, 1.807) is 0 Å². The maximum absolute atomic E-state index is 10.4. The number of carbonyl (C=O) groups is 1. The third-order valence-electron chi connectivity index (χ3n) is 1.41. The van der Waals surface area contributed by atoms with E-state index in [0.717, 1.165) is 5.69 Å². The van der Waals surface area contributed by atoms with E-state index in [-0.39, 0.29) is 5.91 Å². The molecule has 0 radical (unpaired) electrons. The largest absolute Gasteiger partial charge is 0.273 e. The van der Waals surface area contributed by atoms with Crippen LogP contribution in [0.5, 0.6) is 0 Å². The van der Waals surface area contributed by atoms with Crippen molar-refractivity contribution in [1.82, 2.24) is 5.43 Å². The molecule has 0 saturated carbocycles. The normalized spacial score (nSPS) is 10.3. The molecule has 1 rings (SSSR count). The first kappa shape index (κ1) is 9.38. The Kier molecular flexibility index (Phi) is 3.14. The molecule has 68 valence electrons. The standard InChI is InChI=1S/C9H11N3O/c1-7-3-5-9(6-4-7)11-12-10-8(2)13/h3-6H,1-2H3,(H,10,11,13). The van der Waals surface area contributed by atoms with Gasteiger partial charge in [0.05, 0.1) is 5.69 Å². The van der Waals surface area contributed by atoms with Crippen molar-refractivity contribution in [2.75, 3.05) is 0 Å². The lowest BCUT2D eigenvalue weighted by Crippen LogP contribution is -2.10. The van der Waals surface area contributed by atoms with Crippen molar-refractivity contribution < 1.29 is 4.79 Å². The molecule has 0 spiro atoms. The third kappa shape index (κ3) is 3.46. The Bertz CT molecular complexity index is 316. The van der Waals surface area contributed by atoms with Gasteiger partial charge >= 0.3 is 0 Å². The summed E-state index contributed by atoms with van der Waals surface area (Å²) in [7, 11) is 0. The van der Waals surface area contributed by atoms with Crippen molar-refractivity contribution in [2.45, 2.75) is 13.8 Å². The zero-order chi connectivity index (χ0) is 9.68. The van der Waals surface area contributed by atoms with Crippen LogP contribution in [0.15, 0.2) is 34.6 Å². The smallest absolute Gasteiger partial charge is 0.238 e. The number of nitrogens with zero attached hydrogens (tertiary/aromatic N) is 2. The topological polar surface area (TPSA) is 53.8 Å². The highest BCUT2D eigenvalue weighted by molar-refractivity contribution is 5.72. The van der Waals surface area contributed by atoms with Gasteiger partial charge < -0.3 is 0 Å². The molecule has 0 saturated heterocycles. The molecule has 0 fully saturated rings. The molecule has 1 aromatic rings. The van der Waals surface area contributed by atoms with Crippen LogP contribution in [0, 0.1) is 6.92 Å². The molecule has 0 aliphatic heterocycles. The van der Waals surface area contributed by atoms with Gasteiger partial charge in [-0.25, -0.2) is 5.43 Å². The molecular formula is C9H11N3O. The SMILES string of the molecule is CC(=O)NN=Nc1ccc(C)cc1. The minimum absolute atomic E-state index is 0.226. The van der Waals surface area contributed by atoms with Gasteiger partial charge in [-0.05, 0) is 19.1 Å². The number of benzene rings is 1. The van der Waals surface area contributed by atoms with Gasteiger partial charge in [0.2, 0.25) is 5.91 Å². The van der Waals surface area contributed by atoms with Crippen LogP contribution in [0.3, 0.4) is 0 Å². The molecule has 0 aromatic heterocycles. The highest BCUT2D eigenvalue weighted by Gasteiger charge is 1.88. The van der Waals surface area contributed by atoms with Crippen molar-refractivity contribution in [1.29, 1.82) is 0 Å². The van der Waals surface area contributed by atoms with E-state index in [1.807, 2.05) is 31.2 Å². The van der Waals surface area contributed by atoms with E-state index >= 15 is 0 Å². The summed E-state index contributed by atoms with van der Waals surface area (Å²) in [4.78, 5) is 10.4. The lowest BCUT2D eigenvalue weighted by atomic mass is 10.2. The maximum Gasteiger partial charge on any atom is 0.238 e. The monoisotopic (exact) mass is 177 g/mol. The predicted molar refractivity (Wildman–Crippen MR) is 49.5 cm³/mol. The second-order valence-electron chi connectivity index (χ2n) is 2.70. The highest BCUT2D eigenvalue weighted by atomic mass is 16.2. The van der Waals surface area contributed by atoms with Crippen LogP contribution in [0.4, 0.5) is 5.69 Å². The summed E-state index contributed by atoms with van der Waals surface area (Å²) in [6.07, 6.45) is 0. The van der Waals surface area contributed by atoms with Gasteiger partial charge in [-0.15, -0.1) is 5.11 Å². The van der Waals surface area contributed by atoms with Gasteiger partial charge in [0.1, 0.15) is 0 Å². The average Bonchev–Trinajstić information content (AvgIpc) is 2.08. The molecule has 4 nitrogen and oxygen atoms in total. The van der Waals surface area contributed by atoms with Crippen LogP contribution in [-0.2, 0) is 4.79 Å². The first-order valence-electron chi connectivity index (χ1n) is 3.92. The summed E-state index contributed by atoms with van der Waals surface area (Å²) in [6, 6.07) is 7.53. The molecule has 0 atom stereocenters. The second kappa shape index (κ2) is 4.35. The molecule has 0 bridgehead atoms. The Balaban J connectivity index is 2.59. The molecule has 0 aliphatic rings. The average molecular weight is 177 g/mol. The van der Waals surface area contributed by atoms with Crippen LogP contribution in [-0.4, -0.2) is 5.91 Å². The van der Waals surface area contributed by atoms with E-state index in [2.05, 4.69) is 15.8 Å². The Morgan fingerprint density at radius 3 is 2.46 bits per heavy atom. The number of aryl methyl sites for hydroxylation is 1. The van der Waals surface area contributed by atoms with Crippen molar-refractivity contribution >= 4 is 11.6 Å². The number of hydrogen-bond donors (Lipinski definition) is 1. The molecular weight excluding hydrogens is 166 g/mol. The Hall–Kier alpha value is -1.71. The van der Waals surface area contributed by atoms with Crippen molar-refractivity contribution in [3.63, 3.8) is 0 Å². The van der Waals surface area contributed by atoms with E-state index in [1.165, 1.54) is 12.5 Å². The van der Waals surface area contributed by atoms with Gasteiger partial charge in [-0.3, -0.25) is 4.79 Å². The summed E-state index contributed by atoms with van der Waals surface area (Å²) in [5.74, 6) is -0.226. The lowest BCUT2D eigenvalue weighted by Gasteiger charge is -1.93. The molecule has 0 heterocycles. The number of carbonyl (C=O) groups excluding carboxylic acids is 1. The molecule has 4 heteroatoms. The Morgan fingerprint density at radius 2 is 1.92 bits per heavy atom. The molecule has 13 heavy (non-hydrogen) atoms. The Morgan fingerprint density at radius 1 is 1.31 bits per heavy atom. The van der Waals surface area contributed by atoms with Crippen molar-refractivity contribution in [2.24, 2.45) is 10.3 Å². The quantitative estimate of drug-likeness (QED) is 0.546. The fourth-order valence-corrected chi connectivity index (χ4v) is 0.765. The van der Waals surface area contributed by atoms with Gasteiger partial charge in [0, 0.05) is 6.92 Å². The minimum Gasteiger partial charge on any atom is -0.273 e. The second-order valence-corrected chi connectivity index (χ2v) is 2.70. The summed E-state index contributed by atoms with van der Waals surface area (Å²) in [5.41, 5.74) is 4.11. The molecule has 0 unspecified atom stereocenters. The fourth-order valence-electron chi connectivity index (χ4n) is 0.765. The van der Waals surface area contributed by atoms with Crippen LogP contribution < -0.4 is 5.43 Å². The summed E-state index contributed by atoms with van der Waals surface area (Å²) < 4.78 is 0. The maximum atomic E-state index is 10.4. The van der Waals surface area contributed by atoms with Crippen LogP contribution in [0.25, 0.3) is 0 Å². The van der Waals surface area contributed by atoms with Crippen molar-refractivity contribution in [3.8, 4) is 0 Å². The zero-order valence-corrected chi connectivity index (χ0v) is 7.61. The molecule has 1 aromatic carbocycles. The fraction of sp³-hybridized carbons (Fsp3) is 0.222. The number of nitrogens with one attached hydrogen (secondary N) is 1. The van der Waals surface area contributed by atoms with E-state index < -0.39 is 0 Å². The van der Waals surface area contributed by atoms with Gasteiger partial charge in [-0.1, -0.05) is 22.9 Å². The van der Waals surface area contributed by atoms with E-state index in [0.29, 0.717) is 0 Å². The van der Waals surface area contributed by atoms with Gasteiger partial charge in [-0.2, -0.15) is 0 Å². The zero-order valence-electron chi connectivity index (χ0n) is 7.61. The van der Waals surface area contributed by atoms with Gasteiger partial charge in [0.15, 0.2) is 0 Å². The van der Waals surface area contributed by atoms with Crippen LogP contribution in [0.2, 0.25) is 0 Å². The molecule has 0 aliphatic carbocycles. The van der Waals surface area contributed by atoms with E-state index in [4.69, 9.17) is 0 Å². The lowest BCUT2D eigenvalue weighted by molar-refractivity contribution is -0.119. The number of amides is 1. The Labute approximate surface area is 76.7 Å². The third-order valence-corrected chi connectivity index (χ3v) is 1.41. The van der Waals surface area contributed by atoms with Crippen molar-refractivity contribution in [3.05, 3.63) is 29.8 Å². The van der Waals surface area contributed by atoms with E-state index in [9.17, 15) is 4.79 Å². The number of rotatable bonds is 2. The summed E-state index contributed by atoms with van der Waals surface area (Å²) in [6.45, 7) is 3.38. The number of hydrogen-bond acceptors (Lipinski definition) is 3. The predicted octanol–water partition coefficient (Wildman–Crippen LogP) is 2.13. The molecule has 1 N–H and O–H groups in total. The van der Waals surface area contributed by atoms with Crippen LogP contribution >= 0.6 is 0 Å². The minimum atomic E-state index is -0.226. The van der Waals surface area contributed by atoms with Gasteiger partial charge in [0.25, 0.3) is 0 Å². The van der Waals surface area contributed by atoms with Crippen LogP contribution in [0.1, 0.15) is 12.5 Å².